The first-order valence-electron chi connectivity index (χ1n) is 6.26. The van der Waals surface area contributed by atoms with Gasteiger partial charge in [-0.2, -0.15) is 0 Å². The van der Waals surface area contributed by atoms with E-state index in [-0.39, 0.29) is 24.6 Å². The van der Waals surface area contributed by atoms with E-state index in [0.717, 1.165) is 6.42 Å². The predicted molar refractivity (Wildman–Crippen MR) is 63.3 cm³/mol. The lowest BCUT2D eigenvalue weighted by molar-refractivity contribution is -0.143. The van der Waals surface area contributed by atoms with Crippen LogP contribution in [0.4, 0.5) is 0 Å². The van der Waals surface area contributed by atoms with Crippen molar-refractivity contribution in [3.63, 3.8) is 0 Å². The molecule has 5 heteroatoms. The van der Waals surface area contributed by atoms with Crippen molar-refractivity contribution in [2.45, 2.75) is 32.4 Å². The second-order valence-corrected chi connectivity index (χ2v) is 5.55. The molecule has 1 amide bonds. The van der Waals surface area contributed by atoms with E-state index in [1.165, 1.54) is 0 Å². The van der Waals surface area contributed by atoms with Crippen molar-refractivity contribution in [3.05, 3.63) is 0 Å². The molecule has 0 radical (unpaired) electrons. The van der Waals surface area contributed by atoms with E-state index in [2.05, 4.69) is 6.92 Å². The quantitative estimate of drug-likeness (QED) is 0.689. The molecule has 2 aliphatic rings. The van der Waals surface area contributed by atoms with E-state index in [0.29, 0.717) is 25.7 Å². The number of carbonyl (C=O) groups excluding carboxylic acids is 1. The summed E-state index contributed by atoms with van der Waals surface area (Å²) in [6, 6.07) is -0.308. The molecule has 2 saturated heterocycles. The van der Waals surface area contributed by atoms with Crippen molar-refractivity contribution in [2.75, 3.05) is 26.4 Å². The largest absolute Gasteiger partial charge is 0.394 e. The Bertz CT molecular complexity index is 310. The molecule has 2 rings (SSSR count). The first-order valence-corrected chi connectivity index (χ1v) is 6.26. The molecule has 3 N–H and O–H groups in total. The van der Waals surface area contributed by atoms with E-state index in [1.54, 1.807) is 4.90 Å². The number of hydrogen-bond donors (Lipinski definition) is 2. The average molecular weight is 242 g/mol. The highest BCUT2D eigenvalue weighted by molar-refractivity contribution is 5.84. The predicted octanol–water partition coefficient (Wildman–Crippen LogP) is -0.420. The molecule has 5 nitrogen and oxygen atoms in total. The fourth-order valence-corrected chi connectivity index (χ4v) is 2.78. The molecule has 98 valence electrons. The van der Waals surface area contributed by atoms with Gasteiger partial charge in [0.2, 0.25) is 5.91 Å². The van der Waals surface area contributed by atoms with E-state index in [9.17, 15) is 9.90 Å². The van der Waals surface area contributed by atoms with Crippen LogP contribution in [0.3, 0.4) is 0 Å². The highest BCUT2D eigenvalue weighted by Crippen LogP contribution is 2.34. The van der Waals surface area contributed by atoms with Crippen LogP contribution in [-0.2, 0) is 9.53 Å². The maximum Gasteiger partial charge on any atom is 0.232 e. The highest BCUT2D eigenvalue weighted by atomic mass is 16.5. The Morgan fingerprint density at radius 1 is 1.65 bits per heavy atom. The number of carbonyl (C=O) groups is 1. The van der Waals surface area contributed by atoms with Crippen molar-refractivity contribution in [3.8, 4) is 0 Å². The van der Waals surface area contributed by atoms with Gasteiger partial charge in [0.15, 0.2) is 0 Å². The summed E-state index contributed by atoms with van der Waals surface area (Å²) in [6.45, 7) is 5.50. The second-order valence-electron chi connectivity index (χ2n) is 5.55. The zero-order valence-electron chi connectivity index (χ0n) is 10.6. The van der Waals surface area contributed by atoms with Gasteiger partial charge in [0.1, 0.15) is 0 Å². The first-order chi connectivity index (χ1) is 8.00. The summed E-state index contributed by atoms with van der Waals surface area (Å²) in [6.07, 6.45) is 0.948. The third kappa shape index (κ3) is 1.96. The molecule has 4 atom stereocenters. The Morgan fingerprint density at radius 2 is 2.35 bits per heavy atom. The van der Waals surface area contributed by atoms with E-state index < -0.39 is 5.41 Å². The van der Waals surface area contributed by atoms with Crippen LogP contribution in [0.2, 0.25) is 0 Å². The first kappa shape index (κ1) is 12.8. The van der Waals surface area contributed by atoms with Gasteiger partial charge in [0, 0.05) is 12.6 Å². The summed E-state index contributed by atoms with van der Waals surface area (Å²) >= 11 is 0. The lowest BCUT2D eigenvalue weighted by Gasteiger charge is -2.34. The number of nitrogens with two attached hydrogens (primary N) is 1. The molecule has 2 heterocycles. The van der Waals surface area contributed by atoms with Gasteiger partial charge < -0.3 is 20.5 Å². The summed E-state index contributed by atoms with van der Waals surface area (Å²) in [4.78, 5) is 14.3. The van der Waals surface area contributed by atoms with Gasteiger partial charge in [0.05, 0.1) is 31.3 Å². The SMILES string of the molecule is CC1CCN(C(=O)C2(C)COCC2N)C1CO. The van der Waals surface area contributed by atoms with Crippen LogP contribution < -0.4 is 5.73 Å². The zero-order valence-corrected chi connectivity index (χ0v) is 10.6. The molecular formula is C12H22N2O3. The minimum Gasteiger partial charge on any atom is -0.394 e. The summed E-state index contributed by atoms with van der Waals surface area (Å²) in [7, 11) is 0. The molecule has 2 aliphatic heterocycles. The molecule has 0 aromatic carbocycles. The molecule has 0 aliphatic carbocycles. The summed E-state index contributed by atoms with van der Waals surface area (Å²) in [5.41, 5.74) is 5.34. The molecule has 0 spiro atoms. The molecule has 4 unspecified atom stereocenters. The van der Waals surface area contributed by atoms with Crippen LogP contribution in [0.5, 0.6) is 0 Å². The fourth-order valence-electron chi connectivity index (χ4n) is 2.78. The number of likely N-dealkylation sites (tertiary alicyclic amines) is 1. The van der Waals surface area contributed by atoms with Gasteiger partial charge in [-0.1, -0.05) is 6.92 Å². The Balaban J connectivity index is 2.15. The van der Waals surface area contributed by atoms with Gasteiger partial charge >= 0.3 is 0 Å². The normalized spacial score (nSPS) is 42.1. The summed E-state index contributed by atoms with van der Waals surface area (Å²) in [5.74, 6) is 0.386. The Kier molecular flexibility index (Phi) is 3.43. The number of nitrogens with zero attached hydrogens (tertiary/aromatic N) is 1. The number of amides is 1. The number of aliphatic hydroxyl groups is 1. The monoisotopic (exact) mass is 242 g/mol. The van der Waals surface area contributed by atoms with Gasteiger partial charge in [-0.25, -0.2) is 0 Å². The minimum absolute atomic E-state index is 0.0269. The lowest BCUT2D eigenvalue weighted by atomic mass is 9.84. The van der Waals surface area contributed by atoms with Crippen LogP contribution in [0.15, 0.2) is 0 Å². The van der Waals surface area contributed by atoms with Gasteiger partial charge in [-0.15, -0.1) is 0 Å². The Hall–Kier alpha value is -0.650. The number of hydrogen-bond acceptors (Lipinski definition) is 4. The van der Waals surface area contributed by atoms with Gasteiger partial charge in [-0.3, -0.25) is 4.79 Å². The topological polar surface area (TPSA) is 75.8 Å². The number of ether oxygens (including phenoxy) is 1. The standard InChI is InChI=1S/C12H22N2O3/c1-8-3-4-14(9(8)5-15)11(16)12(2)7-17-6-10(12)13/h8-10,15H,3-7,13H2,1-2H3. The van der Waals surface area contributed by atoms with Gasteiger partial charge in [-0.05, 0) is 19.3 Å². The van der Waals surface area contributed by atoms with Crippen molar-refractivity contribution >= 4 is 5.91 Å². The van der Waals surface area contributed by atoms with E-state index in [4.69, 9.17) is 10.5 Å². The summed E-state index contributed by atoms with van der Waals surface area (Å²) < 4.78 is 5.31. The van der Waals surface area contributed by atoms with E-state index >= 15 is 0 Å². The molecular weight excluding hydrogens is 220 g/mol. The van der Waals surface area contributed by atoms with E-state index in [1.807, 2.05) is 6.92 Å². The fraction of sp³-hybridized carbons (Fsp3) is 0.917. The second kappa shape index (κ2) is 4.55. The number of aliphatic hydroxyl groups excluding tert-OH is 1. The Labute approximate surface area is 102 Å². The summed E-state index contributed by atoms with van der Waals surface area (Å²) in [5, 5.41) is 9.39. The average Bonchev–Trinajstić information content (AvgIpc) is 2.83. The maximum atomic E-state index is 12.5. The zero-order chi connectivity index (χ0) is 12.6. The van der Waals surface area contributed by atoms with Crippen LogP contribution in [0, 0.1) is 11.3 Å². The highest BCUT2D eigenvalue weighted by Gasteiger charge is 2.49. The third-order valence-electron chi connectivity index (χ3n) is 4.34. The molecule has 0 aromatic rings. The molecule has 0 saturated carbocycles. The molecule has 17 heavy (non-hydrogen) atoms. The minimum atomic E-state index is -0.627. The molecule has 2 fully saturated rings. The maximum absolute atomic E-state index is 12.5. The van der Waals surface area contributed by atoms with Crippen molar-refractivity contribution in [2.24, 2.45) is 17.1 Å². The van der Waals surface area contributed by atoms with Crippen LogP contribution in [-0.4, -0.2) is 54.4 Å². The third-order valence-corrected chi connectivity index (χ3v) is 4.34. The van der Waals surface area contributed by atoms with Crippen molar-refractivity contribution in [1.29, 1.82) is 0 Å². The van der Waals surface area contributed by atoms with Crippen LogP contribution in [0.25, 0.3) is 0 Å². The lowest BCUT2D eigenvalue weighted by Crippen LogP contribution is -2.53. The smallest absolute Gasteiger partial charge is 0.232 e. The Morgan fingerprint density at radius 3 is 2.88 bits per heavy atom. The van der Waals surface area contributed by atoms with Crippen molar-refractivity contribution in [1.82, 2.24) is 4.90 Å². The number of rotatable bonds is 2. The van der Waals surface area contributed by atoms with Crippen LogP contribution >= 0.6 is 0 Å². The van der Waals surface area contributed by atoms with Crippen molar-refractivity contribution < 1.29 is 14.6 Å². The van der Waals surface area contributed by atoms with Crippen LogP contribution in [0.1, 0.15) is 20.3 Å². The van der Waals surface area contributed by atoms with Gasteiger partial charge in [0.25, 0.3) is 0 Å². The molecule has 0 aromatic heterocycles. The molecule has 0 bridgehead atoms.